The van der Waals surface area contributed by atoms with E-state index in [9.17, 15) is 4.79 Å². The summed E-state index contributed by atoms with van der Waals surface area (Å²) in [6, 6.07) is 19.1. The van der Waals surface area contributed by atoms with Crippen molar-refractivity contribution < 1.29 is 4.79 Å². The number of benzene rings is 2. The highest BCUT2D eigenvalue weighted by molar-refractivity contribution is 7.98. The van der Waals surface area contributed by atoms with Gasteiger partial charge in [-0.15, -0.1) is 11.8 Å². The van der Waals surface area contributed by atoms with Crippen molar-refractivity contribution in [1.29, 1.82) is 0 Å². The predicted octanol–water partition coefficient (Wildman–Crippen LogP) is 4.64. The summed E-state index contributed by atoms with van der Waals surface area (Å²) < 4.78 is 0. The molecule has 0 bridgehead atoms. The molecule has 0 aliphatic carbocycles. The van der Waals surface area contributed by atoms with Gasteiger partial charge in [-0.25, -0.2) is 9.97 Å². The fourth-order valence-corrected chi connectivity index (χ4v) is 3.35. The van der Waals surface area contributed by atoms with Crippen LogP contribution in [0.25, 0.3) is 0 Å². The molecule has 0 atom stereocenters. The molecule has 0 saturated heterocycles. The molecule has 0 spiro atoms. The van der Waals surface area contributed by atoms with Gasteiger partial charge >= 0.3 is 0 Å². The minimum Gasteiger partial charge on any atom is -0.322 e. The van der Waals surface area contributed by atoms with E-state index < -0.39 is 0 Å². The highest BCUT2D eigenvalue weighted by Crippen LogP contribution is 2.22. The number of nitrogens with one attached hydrogen (secondary N) is 1. The molecular formula is C20H19N3OS. The third kappa shape index (κ3) is 4.90. The Morgan fingerprint density at radius 1 is 1.00 bits per heavy atom. The van der Waals surface area contributed by atoms with Crippen LogP contribution in [0.4, 0.5) is 5.69 Å². The quantitative estimate of drug-likeness (QED) is 0.539. The Balaban J connectivity index is 1.61. The largest absolute Gasteiger partial charge is 0.322 e. The molecule has 1 aromatic heterocycles. The topological polar surface area (TPSA) is 54.9 Å². The Labute approximate surface area is 151 Å². The molecule has 3 aromatic rings. The van der Waals surface area contributed by atoms with Crippen molar-refractivity contribution in [3.8, 4) is 0 Å². The first-order chi connectivity index (χ1) is 12.1. The third-order valence-electron chi connectivity index (χ3n) is 3.58. The minimum absolute atomic E-state index is 0.104. The van der Waals surface area contributed by atoms with Crippen molar-refractivity contribution in [2.75, 3.05) is 5.32 Å². The molecule has 0 aliphatic heterocycles. The molecular weight excluding hydrogens is 330 g/mol. The molecule has 1 N–H and O–H groups in total. The van der Waals surface area contributed by atoms with E-state index in [0.29, 0.717) is 5.56 Å². The van der Waals surface area contributed by atoms with Crippen LogP contribution < -0.4 is 5.32 Å². The van der Waals surface area contributed by atoms with E-state index in [1.54, 1.807) is 11.8 Å². The SMILES string of the molecule is Cc1cc(SCc2ccc(C(=O)Nc3ccccc3)cc2)nc(C)n1. The monoisotopic (exact) mass is 349 g/mol. The summed E-state index contributed by atoms with van der Waals surface area (Å²) in [5, 5.41) is 3.86. The van der Waals surface area contributed by atoms with Crippen LogP contribution >= 0.6 is 11.8 Å². The highest BCUT2D eigenvalue weighted by atomic mass is 32.2. The first kappa shape index (κ1) is 17.2. The summed E-state index contributed by atoms with van der Waals surface area (Å²) in [6.45, 7) is 3.87. The number of carbonyl (C=O) groups excluding carboxylic acids is 1. The van der Waals surface area contributed by atoms with Gasteiger partial charge in [-0.05, 0) is 49.7 Å². The van der Waals surface area contributed by atoms with Crippen molar-refractivity contribution >= 4 is 23.4 Å². The summed E-state index contributed by atoms with van der Waals surface area (Å²) in [4.78, 5) is 21.0. The second-order valence-corrected chi connectivity index (χ2v) is 6.70. The Hall–Kier alpha value is -2.66. The molecule has 0 radical (unpaired) electrons. The lowest BCUT2D eigenvalue weighted by Crippen LogP contribution is -2.11. The maximum absolute atomic E-state index is 12.2. The third-order valence-corrected chi connectivity index (χ3v) is 4.56. The maximum atomic E-state index is 12.2. The number of hydrogen-bond donors (Lipinski definition) is 1. The van der Waals surface area contributed by atoms with E-state index in [2.05, 4.69) is 15.3 Å². The molecule has 1 heterocycles. The standard InChI is InChI=1S/C20H19N3OS/c1-14-12-19(22-15(2)21-14)25-13-16-8-10-17(11-9-16)20(24)23-18-6-4-3-5-7-18/h3-12H,13H2,1-2H3,(H,23,24). The van der Waals surface area contributed by atoms with E-state index >= 15 is 0 Å². The first-order valence-corrected chi connectivity index (χ1v) is 8.99. The number of nitrogens with zero attached hydrogens (tertiary/aromatic N) is 2. The van der Waals surface area contributed by atoms with Gasteiger partial charge < -0.3 is 5.32 Å². The summed E-state index contributed by atoms with van der Waals surface area (Å²) in [5.41, 5.74) is 3.56. The van der Waals surface area contributed by atoms with Crippen LogP contribution in [-0.4, -0.2) is 15.9 Å². The Morgan fingerprint density at radius 2 is 1.72 bits per heavy atom. The van der Waals surface area contributed by atoms with Crippen LogP contribution in [-0.2, 0) is 5.75 Å². The molecule has 25 heavy (non-hydrogen) atoms. The molecule has 1 amide bonds. The summed E-state index contributed by atoms with van der Waals surface area (Å²) in [7, 11) is 0. The van der Waals surface area contributed by atoms with Crippen LogP contribution in [0.3, 0.4) is 0 Å². The number of rotatable bonds is 5. The molecule has 4 nitrogen and oxygen atoms in total. The number of aromatic nitrogens is 2. The lowest BCUT2D eigenvalue weighted by Gasteiger charge is -2.07. The first-order valence-electron chi connectivity index (χ1n) is 8.00. The fraction of sp³-hybridized carbons (Fsp3) is 0.150. The lowest BCUT2D eigenvalue weighted by molar-refractivity contribution is 0.102. The van der Waals surface area contributed by atoms with Gasteiger partial charge in [0.15, 0.2) is 0 Å². The van der Waals surface area contributed by atoms with Gasteiger partial charge in [-0.2, -0.15) is 0 Å². The van der Waals surface area contributed by atoms with Crippen LogP contribution in [0.15, 0.2) is 65.7 Å². The normalized spacial score (nSPS) is 10.5. The van der Waals surface area contributed by atoms with Gasteiger partial charge in [0.05, 0.1) is 0 Å². The van der Waals surface area contributed by atoms with E-state index in [1.165, 1.54) is 0 Å². The smallest absolute Gasteiger partial charge is 0.255 e. The zero-order valence-electron chi connectivity index (χ0n) is 14.2. The Morgan fingerprint density at radius 3 is 2.40 bits per heavy atom. The fourth-order valence-electron chi connectivity index (χ4n) is 2.39. The molecule has 2 aromatic carbocycles. The lowest BCUT2D eigenvalue weighted by atomic mass is 10.1. The second-order valence-electron chi connectivity index (χ2n) is 5.70. The van der Waals surface area contributed by atoms with Gasteiger partial charge in [0.25, 0.3) is 5.91 Å². The average molecular weight is 349 g/mol. The number of anilines is 1. The summed E-state index contributed by atoms with van der Waals surface area (Å²) in [6.07, 6.45) is 0. The van der Waals surface area contributed by atoms with Crippen molar-refractivity contribution in [1.82, 2.24) is 9.97 Å². The number of aryl methyl sites for hydroxylation is 2. The molecule has 0 unspecified atom stereocenters. The predicted molar refractivity (Wildman–Crippen MR) is 102 cm³/mol. The van der Waals surface area contributed by atoms with E-state index in [1.807, 2.05) is 74.5 Å². The van der Waals surface area contributed by atoms with Crippen LogP contribution in [0, 0.1) is 13.8 Å². The number of carbonyl (C=O) groups is 1. The maximum Gasteiger partial charge on any atom is 0.255 e. The molecule has 126 valence electrons. The van der Waals surface area contributed by atoms with Gasteiger partial charge in [0.2, 0.25) is 0 Å². The average Bonchev–Trinajstić information content (AvgIpc) is 2.60. The van der Waals surface area contributed by atoms with Gasteiger partial charge in [-0.1, -0.05) is 30.3 Å². The van der Waals surface area contributed by atoms with Gasteiger partial charge in [0, 0.05) is 22.7 Å². The van der Waals surface area contributed by atoms with Crippen LogP contribution in [0.5, 0.6) is 0 Å². The molecule has 0 saturated carbocycles. The van der Waals surface area contributed by atoms with E-state index in [-0.39, 0.29) is 5.91 Å². The van der Waals surface area contributed by atoms with Crippen molar-refractivity contribution in [2.24, 2.45) is 0 Å². The number of hydrogen-bond acceptors (Lipinski definition) is 4. The zero-order chi connectivity index (χ0) is 17.6. The van der Waals surface area contributed by atoms with Crippen molar-refractivity contribution in [3.63, 3.8) is 0 Å². The molecule has 5 heteroatoms. The van der Waals surface area contributed by atoms with Crippen molar-refractivity contribution in [2.45, 2.75) is 24.6 Å². The van der Waals surface area contributed by atoms with Crippen LogP contribution in [0.1, 0.15) is 27.4 Å². The van der Waals surface area contributed by atoms with E-state index in [0.717, 1.165) is 33.5 Å². The molecule has 0 fully saturated rings. The van der Waals surface area contributed by atoms with Crippen molar-refractivity contribution in [3.05, 3.63) is 83.3 Å². The Bertz CT molecular complexity index is 844. The summed E-state index contributed by atoms with van der Waals surface area (Å²) >= 11 is 1.67. The second kappa shape index (κ2) is 7.94. The number of para-hydroxylation sites is 1. The van der Waals surface area contributed by atoms with E-state index in [4.69, 9.17) is 0 Å². The van der Waals surface area contributed by atoms with Gasteiger partial charge in [-0.3, -0.25) is 4.79 Å². The Kier molecular flexibility index (Phi) is 5.46. The molecule has 3 rings (SSSR count). The summed E-state index contributed by atoms with van der Waals surface area (Å²) in [5.74, 6) is 1.49. The number of thioether (sulfide) groups is 1. The van der Waals surface area contributed by atoms with Gasteiger partial charge in [0.1, 0.15) is 10.9 Å². The minimum atomic E-state index is -0.104. The number of amides is 1. The van der Waals surface area contributed by atoms with Crippen LogP contribution in [0.2, 0.25) is 0 Å². The highest BCUT2D eigenvalue weighted by Gasteiger charge is 2.06. The molecule has 0 aliphatic rings. The zero-order valence-corrected chi connectivity index (χ0v) is 15.0.